The first-order valence-electron chi connectivity index (χ1n) is 24.7. The van der Waals surface area contributed by atoms with Crippen molar-refractivity contribution in [2.24, 2.45) is 0 Å². The molecule has 0 saturated carbocycles. The molecule has 0 aromatic carbocycles. The van der Waals surface area contributed by atoms with Crippen molar-refractivity contribution in [1.82, 2.24) is 0 Å². The van der Waals surface area contributed by atoms with Crippen LogP contribution in [0.3, 0.4) is 0 Å². The molecule has 0 aromatic heterocycles. The van der Waals surface area contributed by atoms with Crippen LogP contribution in [0.25, 0.3) is 0 Å². The molecule has 0 spiro atoms. The topological polar surface area (TPSA) is 91.3 Å². The second-order valence-electron chi connectivity index (χ2n) is 17.5. The number of ether oxygens (including phenoxy) is 2. The van der Waals surface area contributed by atoms with Crippen LogP contribution in [0.4, 0.5) is 0 Å². The van der Waals surface area contributed by atoms with Gasteiger partial charge in [-0.3, -0.25) is 13.8 Å². The van der Waals surface area contributed by atoms with Crippen LogP contribution in [0, 0.1) is 0 Å². The highest BCUT2D eigenvalue weighted by molar-refractivity contribution is 7.47. The summed E-state index contributed by atoms with van der Waals surface area (Å²) in [4.78, 5) is 23.0. The Labute approximate surface area is 376 Å². The van der Waals surface area contributed by atoms with E-state index in [-0.39, 0.29) is 25.8 Å². The Morgan fingerprint density at radius 1 is 0.525 bits per heavy atom. The molecule has 9 heteroatoms. The first-order chi connectivity index (χ1) is 29.6. The Kier molecular flexibility index (Phi) is 43.0. The van der Waals surface area contributed by atoms with Crippen LogP contribution in [0.1, 0.15) is 194 Å². The van der Waals surface area contributed by atoms with Gasteiger partial charge in [-0.05, 0) is 77.0 Å². The molecule has 0 radical (unpaired) electrons. The van der Waals surface area contributed by atoms with E-state index < -0.39 is 13.9 Å². The fraction of sp³-hybridized carbons (Fsp3) is 0.750. The lowest BCUT2D eigenvalue weighted by molar-refractivity contribution is -0.870. The number of unbranched alkanes of at least 4 members (excludes halogenated alkanes) is 19. The summed E-state index contributed by atoms with van der Waals surface area (Å²) in [5.41, 5.74) is 0. The zero-order valence-corrected chi connectivity index (χ0v) is 41.0. The third-order valence-corrected chi connectivity index (χ3v) is 11.2. The molecule has 8 nitrogen and oxygen atoms in total. The third kappa shape index (κ3) is 48.8. The molecule has 0 bridgehead atoms. The summed E-state index contributed by atoms with van der Waals surface area (Å²) in [5, 5.41) is 0. The Hall–Kier alpha value is -2.06. The molecule has 0 aromatic rings. The number of nitrogens with zero attached hydrogens (tertiary/aromatic N) is 1. The number of esters is 1. The minimum Gasteiger partial charge on any atom is -0.457 e. The van der Waals surface area contributed by atoms with E-state index in [1.807, 2.05) is 21.1 Å². The smallest absolute Gasteiger partial charge is 0.457 e. The lowest BCUT2D eigenvalue weighted by Gasteiger charge is -2.24. The molecule has 0 aliphatic heterocycles. The number of likely N-dealkylation sites (N-methyl/N-ethyl adjacent to an activating group) is 1. The first kappa shape index (κ1) is 58.9. The summed E-state index contributed by atoms with van der Waals surface area (Å²) in [5.74, 6) is -0.335. The maximum Gasteiger partial charge on any atom is 0.472 e. The van der Waals surface area contributed by atoms with Gasteiger partial charge in [0.2, 0.25) is 0 Å². The second kappa shape index (κ2) is 44.5. The molecule has 1 N–H and O–H groups in total. The summed E-state index contributed by atoms with van der Waals surface area (Å²) < 4.78 is 35.0. The van der Waals surface area contributed by atoms with Gasteiger partial charge in [0.25, 0.3) is 0 Å². The Morgan fingerprint density at radius 3 is 1.43 bits per heavy atom. The summed E-state index contributed by atoms with van der Waals surface area (Å²) >= 11 is 0. The number of hydrogen-bond donors (Lipinski definition) is 1. The number of carbonyl (C=O) groups is 1. The monoisotopic (exact) mass is 877 g/mol. The van der Waals surface area contributed by atoms with E-state index in [2.05, 4.69) is 86.8 Å². The molecule has 354 valence electrons. The molecule has 2 unspecified atom stereocenters. The zero-order valence-electron chi connectivity index (χ0n) is 40.1. The summed E-state index contributed by atoms with van der Waals surface area (Å²) in [7, 11) is 1.63. The number of carbonyl (C=O) groups excluding carboxylic acids is 1. The molecule has 0 rings (SSSR count). The molecule has 0 heterocycles. The fourth-order valence-corrected chi connectivity index (χ4v) is 7.21. The number of phosphoric ester groups is 1. The van der Waals surface area contributed by atoms with Gasteiger partial charge in [-0.25, -0.2) is 4.57 Å². The predicted molar refractivity (Wildman–Crippen MR) is 261 cm³/mol. The Balaban J connectivity index is 4.16. The van der Waals surface area contributed by atoms with Crippen molar-refractivity contribution in [3.05, 3.63) is 72.9 Å². The number of rotatable bonds is 45. The summed E-state index contributed by atoms with van der Waals surface area (Å²) in [6.45, 7) is 5.34. The molecule has 0 saturated heterocycles. The largest absolute Gasteiger partial charge is 0.472 e. The average Bonchev–Trinajstić information content (AvgIpc) is 3.22. The van der Waals surface area contributed by atoms with Gasteiger partial charge < -0.3 is 18.9 Å². The number of allylic oxidation sites excluding steroid dienone is 12. The molecular weight excluding hydrogens is 782 g/mol. The van der Waals surface area contributed by atoms with Crippen LogP contribution >= 0.6 is 7.82 Å². The highest BCUT2D eigenvalue weighted by atomic mass is 31.2. The minimum atomic E-state index is -4.30. The van der Waals surface area contributed by atoms with E-state index in [9.17, 15) is 14.3 Å². The van der Waals surface area contributed by atoms with Gasteiger partial charge >= 0.3 is 13.8 Å². The van der Waals surface area contributed by atoms with Crippen molar-refractivity contribution in [3.63, 3.8) is 0 Å². The molecule has 2 atom stereocenters. The van der Waals surface area contributed by atoms with Crippen LogP contribution in [-0.2, 0) is 27.9 Å². The summed E-state index contributed by atoms with van der Waals surface area (Å²) in [6, 6.07) is 0. The maximum absolute atomic E-state index is 12.7. The van der Waals surface area contributed by atoms with Crippen LogP contribution in [0.5, 0.6) is 0 Å². The van der Waals surface area contributed by atoms with E-state index in [1.54, 1.807) is 0 Å². The van der Waals surface area contributed by atoms with Gasteiger partial charge in [-0.1, -0.05) is 183 Å². The van der Waals surface area contributed by atoms with Crippen LogP contribution in [0.2, 0.25) is 0 Å². The quantitative estimate of drug-likeness (QED) is 0.0214. The highest BCUT2D eigenvalue weighted by Crippen LogP contribution is 2.43. The normalized spacial score (nSPS) is 14.3. The lowest BCUT2D eigenvalue weighted by Crippen LogP contribution is -2.37. The average molecular weight is 877 g/mol. The first-order valence-corrected chi connectivity index (χ1v) is 26.2. The molecular formula is C52H95NO7P+. The fourth-order valence-electron chi connectivity index (χ4n) is 6.47. The van der Waals surface area contributed by atoms with Crippen molar-refractivity contribution in [2.45, 2.75) is 200 Å². The van der Waals surface area contributed by atoms with E-state index in [4.69, 9.17) is 18.5 Å². The number of hydrogen-bond acceptors (Lipinski definition) is 6. The number of phosphoric acid groups is 1. The lowest BCUT2D eigenvalue weighted by atomic mass is 10.0. The van der Waals surface area contributed by atoms with Crippen molar-refractivity contribution < 1.29 is 37.3 Å². The van der Waals surface area contributed by atoms with Crippen LogP contribution in [0.15, 0.2) is 72.9 Å². The van der Waals surface area contributed by atoms with Gasteiger partial charge in [0, 0.05) is 13.0 Å². The maximum atomic E-state index is 12.7. The number of quaternary nitrogens is 1. The Morgan fingerprint density at radius 2 is 0.951 bits per heavy atom. The van der Waals surface area contributed by atoms with Gasteiger partial charge in [0.1, 0.15) is 19.3 Å². The van der Waals surface area contributed by atoms with Crippen molar-refractivity contribution in [3.8, 4) is 0 Å². The minimum absolute atomic E-state index is 0.0755. The van der Waals surface area contributed by atoms with Crippen LogP contribution < -0.4 is 0 Å². The Bertz CT molecular complexity index is 1200. The molecule has 0 amide bonds. The molecule has 0 aliphatic rings. The standard InChI is InChI=1S/C52H94NO7P/c1-6-8-10-12-14-16-18-20-22-23-24-25-26-27-28-29-30-31-32-33-35-37-39-41-43-45-52(54)60-51(50-59-61(55,56)58-48-46-53(3,4)5)49-57-47-44-42-40-38-36-34-21-19-17-15-13-11-9-7-2/h9,11,15,17-18,20-21,23-24,34,38,40,51H,6-8,10,12-14,16,19,22,25-33,35-37,39,41-50H2,1-5H3/p+1/b11-9-,17-15-,20-18-,24-23-,34-21-,40-38-. The van der Waals surface area contributed by atoms with Crippen molar-refractivity contribution in [2.75, 3.05) is 54.1 Å². The van der Waals surface area contributed by atoms with Gasteiger partial charge in [-0.2, -0.15) is 0 Å². The zero-order chi connectivity index (χ0) is 44.8. The SMILES string of the molecule is CC/C=C\C/C=C\C/C=C\C/C=C\CCCOCC(COP(=O)(O)OCC[N+](C)(C)C)OC(=O)CCCCCCCCCCCCCCC/C=C\C/C=C\CCCCCCC. The molecule has 0 fully saturated rings. The molecule has 0 aliphatic carbocycles. The van der Waals surface area contributed by atoms with Gasteiger partial charge in [-0.15, -0.1) is 0 Å². The highest BCUT2D eigenvalue weighted by Gasteiger charge is 2.26. The summed E-state index contributed by atoms with van der Waals surface area (Å²) in [6.07, 6.45) is 58.2. The predicted octanol–water partition coefficient (Wildman–Crippen LogP) is 15.1. The second-order valence-corrected chi connectivity index (χ2v) is 18.9. The molecule has 61 heavy (non-hydrogen) atoms. The van der Waals surface area contributed by atoms with Crippen molar-refractivity contribution >= 4 is 13.8 Å². The van der Waals surface area contributed by atoms with E-state index in [0.717, 1.165) is 64.2 Å². The third-order valence-electron chi connectivity index (χ3n) is 10.3. The van der Waals surface area contributed by atoms with E-state index in [0.29, 0.717) is 24.1 Å². The van der Waals surface area contributed by atoms with Crippen molar-refractivity contribution in [1.29, 1.82) is 0 Å². The van der Waals surface area contributed by atoms with Gasteiger partial charge in [0.15, 0.2) is 0 Å². The van der Waals surface area contributed by atoms with Gasteiger partial charge in [0.05, 0.1) is 34.4 Å². The van der Waals surface area contributed by atoms with E-state index in [1.165, 1.54) is 109 Å². The van der Waals surface area contributed by atoms with E-state index >= 15 is 0 Å². The van der Waals surface area contributed by atoms with Crippen LogP contribution in [-0.4, -0.2) is 75.6 Å².